The van der Waals surface area contributed by atoms with Gasteiger partial charge >= 0.3 is 0 Å². The Morgan fingerprint density at radius 1 is 1.04 bits per heavy atom. The highest BCUT2D eigenvalue weighted by molar-refractivity contribution is 7.21. The fourth-order valence-corrected chi connectivity index (χ4v) is 4.26. The minimum absolute atomic E-state index is 0.194. The molecule has 0 spiro atoms. The summed E-state index contributed by atoms with van der Waals surface area (Å²) in [6, 6.07) is 18.2. The zero-order chi connectivity index (χ0) is 19.7. The average Bonchev–Trinajstić information content (AvgIpc) is 3.07. The van der Waals surface area contributed by atoms with Crippen LogP contribution in [0.15, 0.2) is 54.6 Å². The van der Waals surface area contributed by atoms with E-state index in [1.165, 1.54) is 11.3 Å². The molecule has 28 heavy (non-hydrogen) atoms. The Morgan fingerprint density at radius 3 is 2.54 bits per heavy atom. The number of nitrogens with two attached hydrogens (primary N) is 1. The van der Waals surface area contributed by atoms with Crippen molar-refractivity contribution >= 4 is 33.1 Å². The van der Waals surface area contributed by atoms with Gasteiger partial charge in [-0.3, -0.25) is 4.79 Å². The summed E-state index contributed by atoms with van der Waals surface area (Å²) in [7, 11) is 0. The molecule has 0 bridgehead atoms. The summed E-state index contributed by atoms with van der Waals surface area (Å²) in [5.41, 5.74) is 11.8. The minimum atomic E-state index is -0.194. The standard InChI is InChI=1S/C22H20N4OS/c1-13-14(2)25-26-22-18(13)19(23)20(28-22)21(27)24-12-16-10-6-7-11-17(16)15-8-4-3-5-9-15/h3-11H,12,23H2,1-2H3,(H,24,27). The highest BCUT2D eigenvalue weighted by atomic mass is 32.1. The Bertz CT molecular complexity index is 1170. The summed E-state index contributed by atoms with van der Waals surface area (Å²) in [4.78, 5) is 14.0. The van der Waals surface area contributed by atoms with E-state index in [2.05, 4.69) is 33.7 Å². The molecule has 0 saturated heterocycles. The van der Waals surface area contributed by atoms with Crippen LogP contribution in [0.25, 0.3) is 21.3 Å². The molecule has 2 heterocycles. The van der Waals surface area contributed by atoms with Crippen LogP contribution in [-0.4, -0.2) is 16.1 Å². The smallest absolute Gasteiger partial charge is 0.263 e. The number of aromatic nitrogens is 2. The Kier molecular flexibility index (Phi) is 4.79. The van der Waals surface area contributed by atoms with E-state index in [0.29, 0.717) is 21.9 Å². The van der Waals surface area contributed by atoms with Crippen LogP contribution in [0.3, 0.4) is 0 Å². The van der Waals surface area contributed by atoms with Gasteiger partial charge in [0.1, 0.15) is 9.71 Å². The van der Waals surface area contributed by atoms with Gasteiger partial charge in [0.15, 0.2) is 0 Å². The number of hydrogen-bond donors (Lipinski definition) is 2. The van der Waals surface area contributed by atoms with Gasteiger partial charge in [-0.2, -0.15) is 5.10 Å². The normalized spacial score (nSPS) is 10.9. The number of carbonyl (C=O) groups excluding carboxylic acids is 1. The van der Waals surface area contributed by atoms with Gasteiger partial charge < -0.3 is 11.1 Å². The molecule has 5 nitrogen and oxygen atoms in total. The molecule has 2 aromatic carbocycles. The van der Waals surface area contributed by atoms with Crippen LogP contribution in [0.2, 0.25) is 0 Å². The predicted octanol–water partition coefficient (Wildman–Crippen LogP) is 4.49. The number of anilines is 1. The maximum absolute atomic E-state index is 12.8. The van der Waals surface area contributed by atoms with E-state index in [1.807, 2.05) is 50.2 Å². The van der Waals surface area contributed by atoms with Gasteiger partial charge in [-0.05, 0) is 36.1 Å². The van der Waals surface area contributed by atoms with Crippen LogP contribution in [0.1, 0.15) is 26.5 Å². The molecular formula is C22H20N4OS. The number of thiophene rings is 1. The average molecular weight is 388 g/mol. The maximum atomic E-state index is 12.8. The fourth-order valence-electron chi connectivity index (χ4n) is 3.24. The van der Waals surface area contributed by atoms with E-state index >= 15 is 0 Å². The first-order valence-corrected chi connectivity index (χ1v) is 9.81. The largest absolute Gasteiger partial charge is 0.397 e. The summed E-state index contributed by atoms with van der Waals surface area (Å²) in [5.74, 6) is -0.194. The van der Waals surface area contributed by atoms with Crippen LogP contribution in [-0.2, 0) is 6.54 Å². The third kappa shape index (κ3) is 3.23. The lowest BCUT2D eigenvalue weighted by Crippen LogP contribution is -2.23. The highest BCUT2D eigenvalue weighted by Crippen LogP contribution is 2.34. The number of hydrogen-bond acceptors (Lipinski definition) is 5. The van der Waals surface area contributed by atoms with E-state index in [-0.39, 0.29) is 5.91 Å². The number of amides is 1. The Hall–Kier alpha value is -3.25. The van der Waals surface area contributed by atoms with Gasteiger partial charge in [-0.25, -0.2) is 0 Å². The van der Waals surface area contributed by atoms with Crippen molar-refractivity contribution in [3.63, 3.8) is 0 Å². The molecule has 4 aromatic rings. The molecule has 0 aliphatic heterocycles. The number of nitrogens with one attached hydrogen (secondary N) is 1. The number of benzene rings is 2. The molecule has 0 aliphatic rings. The van der Waals surface area contributed by atoms with E-state index in [1.54, 1.807) is 0 Å². The molecule has 0 atom stereocenters. The third-order valence-electron chi connectivity index (χ3n) is 4.88. The number of nitrogens with zero attached hydrogens (tertiary/aromatic N) is 2. The van der Waals surface area contributed by atoms with E-state index < -0.39 is 0 Å². The van der Waals surface area contributed by atoms with Crippen molar-refractivity contribution in [2.75, 3.05) is 5.73 Å². The number of rotatable bonds is 4. The number of aryl methyl sites for hydroxylation is 2. The summed E-state index contributed by atoms with van der Waals surface area (Å²) in [6.07, 6.45) is 0. The van der Waals surface area contributed by atoms with Crippen LogP contribution in [0, 0.1) is 13.8 Å². The first-order valence-electron chi connectivity index (χ1n) is 8.99. The fraction of sp³-hybridized carbons (Fsp3) is 0.136. The molecule has 3 N–H and O–H groups in total. The van der Waals surface area contributed by atoms with Gasteiger partial charge in [0.2, 0.25) is 0 Å². The topological polar surface area (TPSA) is 80.9 Å². The van der Waals surface area contributed by atoms with Crippen molar-refractivity contribution in [1.82, 2.24) is 15.5 Å². The molecule has 0 saturated carbocycles. The highest BCUT2D eigenvalue weighted by Gasteiger charge is 2.20. The van der Waals surface area contributed by atoms with Crippen LogP contribution >= 0.6 is 11.3 Å². The van der Waals surface area contributed by atoms with Crippen LogP contribution < -0.4 is 11.1 Å². The SMILES string of the molecule is Cc1nnc2sc(C(=O)NCc3ccccc3-c3ccccc3)c(N)c2c1C. The maximum Gasteiger partial charge on any atom is 0.263 e. The quantitative estimate of drug-likeness (QED) is 0.540. The second-order valence-corrected chi connectivity index (χ2v) is 7.64. The van der Waals surface area contributed by atoms with Crippen molar-refractivity contribution in [1.29, 1.82) is 0 Å². The number of fused-ring (bicyclic) bond motifs is 1. The van der Waals surface area contributed by atoms with Crippen molar-refractivity contribution in [2.24, 2.45) is 0 Å². The number of carbonyl (C=O) groups is 1. The van der Waals surface area contributed by atoms with Gasteiger partial charge in [-0.15, -0.1) is 16.4 Å². The first-order chi connectivity index (χ1) is 13.6. The third-order valence-corrected chi connectivity index (χ3v) is 5.97. The van der Waals surface area contributed by atoms with Gasteiger partial charge in [0.05, 0.1) is 11.4 Å². The molecule has 4 rings (SSSR count). The molecule has 140 valence electrons. The lowest BCUT2D eigenvalue weighted by Gasteiger charge is -2.11. The summed E-state index contributed by atoms with van der Waals surface area (Å²) >= 11 is 1.28. The molecular weight excluding hydrogens is 368 g/mol. The van der Waals surface area contributed by atoms with Crippen LogP contribution in [0.5, 0.6) is 0 Å². The predicted molar refractivity (Wildman–Crippen MR) is 114 cm³/mol. The monoisotopic (exact) mass is 388 g/mol. The lowest BCUT2D eigenvalue weighted by molar-refractivity contribution is 0.0956. The van der Waals surface area contributed by atoms with E-state index in [0.717, 1.165) is 33.3 Å². The van der Waals surface area contributed by atoms with Crippen molar-refractivity contribution in [3.05, 3.63) is 76.3 Å². The van der Waals surface area contributed by atoms with Crippen molar-refractivity contribution < 1.29 is 4.79 Å². The van der Waals surface area contributed by atoms with Gasteiger partial charge in [0, 0.05) is 11.9 Å². The molecule has 0 aliphatic carbocycles. The zero-order valence-corrected chi connectivity index (χ0v) is 16.5. The minimum Gasteiger partial charge on any atom is -0.397 e. The second-order valence-electron chi connectivity index (χ2n) is 6.64. The summed E-state index contributed by atoms with van der Waals surface area (Å²) in [6.45, 7) is 4.26. The second kappa shape index (κ2) is 7.40. The van der Waals surface area contributed by atoms with E-state index in [4.69, 9.17) is 5.73 Å². The lowest BCUT2D eigenvalue weighted by atomic mass is 10.00. The number of nitrogen functional groups attached to an aromatic ring is 1. The Morgan fingerprint density at radius 2 is 1.75 bits per heavy atom. The summed E-state index contributed by atoms with van der Waals surface area (Å²) in [5, 5.41) is 12.1. The molecule has 0 radical (unpaired) electrons. The van der Waals surface area contributed by atoms with E-state index in [9.17, 15) is 4.79 Å². The van der Waals surface area contributed by atoms with Crippen molar-refractivity contribution in [2.45, 2.75) is 20.4 Å². The molecule has 0 unspecified atom stereocenters. The van der Waals surface area contributed by atoms with Crippen LogP contribution in [0.4, 0.5) is 5.69 Å². The molecule has 6 heteroatoms. The summed E-state index contributed by atoms with van der Waals surface area (Å²) < 4.78 is 0. The Labute approximate surface area is 167 Å². The Balaban J connectivity index is 1.61. The molecule has 0 fully saturated rings. The zero-order valence-electron chi connectivity index (χ0n) is 15.7. The first kappa shape index (κ1) is 18.1. The van der Waals surface area contributed by atoms with Gasteiger partial charge in [0.25, 0.3) is 5.91 Å². The molecule has 2 aromatic heterocycles. The van der Waals surface area contributed by atoms with Crippen molar-refractivity contribution in [3.8, 4) is 11.1 Å². The molecule has 1 amide bonds. The van der Waals surface area contributed by atoms with Gasteiger partial charge in [-0.1, -0.05) is 54.6 Å².